The van der Waals surface area contributed by atoms with Gasteiger partial charge in [-0.25, -0.2) is 8.42 Å². The smallest absolute Gasteiger partial charge is 0.263 e. The van der Waals surface area contributed by atoms with Crippen LogP contribution in [0.5, 0.6) is 5.75 Å². The monoisotopic (exact) mass is 381 g/mol. The number of fused-ring (bicyclic) bond motifs is 1. The van der Waals surface area contributed by atoms with Gasteiger partial charge in [0.05, 0.1) is 18.0 Å². The first kappa shape index (κ1) is 19.0. The van der Waals surface area contributed by atoms with Crippen molar-refractivity contribution in [2.75, 3.05) is 42.8 Å². The number of carbonyl (C=O) groups is 1. The molecular weight excluding hydrogens is 354 g/mol. The number of carbonyl (C=O) groups excluding carboxylic acids is 1. The number of piperidine rings is 1. The second-order valence-electron chi connectivity index (χ2n) is 6.70. The lowest BCUT2D eigenvalue weighted by molar-refractivity contribution is -0.127. The van der Waals surface area contributed by atoms with Crippen LogP contribution in [0.15, 0.2) is 24.3 Å². The van der Waals surface area contributed by atoms with Crippen LogP contribution in [0.2, 0.25) is 0 Å². The number of para-hydroxylation sites is 2. The van der Waals surface area contributed by atoms with Crippen LogP contribution < -0.4 is 14.4 Å². The van der Waals surface area contributed by atoms with Gasteiger partial charge in [-0.05, 0) is 45.0 Å². The van der Waals surface area contributed by atoms with Gasteiger partial charge in [-0.2, -0.15) is 0 Å². The van der Waals surface area contributed by atoms with Crippen molar-refractivity contribution in [2.24, 2.45) is 0 Å². The van der Waals surface area contributed by atoms with Crippen molar-refractivity contribution in [3.63, 3.8) is 0 Å². The number of benzene rings is 1. The maximum Gasteiger partial charge on any atom is 0.263 e. The summed E-state index contributed by atoms with van der Waals surface area (Å²) >= 11 is 0. The molecule has 0 bridgehead atoms. The number of amides is 1. The molecule has 1 aromatic carbocycles. The zero-order valence-electron chi connectivity index (χ0n) is 15.2. The first-order valence-corrected chi connectivity index (χ1v) is 10.9. The minimum absolute atomic E-state index is 0.00271. The van der Waals surface area contributed by atoms with Crippen molar-refractivity contribution < 1.29 is 17.9 Å². The van der Waals surface area contributed by atoms with Gasteiger partial charge in [-0.3, -0.25) is 9.10 Å². The van der Waals surface area contributed by atoms with Gasteiger partial charge < -0.3 is 15.0 Å². The highest BCUT2D eigenvalue weighted by Crippen LogP contribution is 2.34. The maximum atomic E-state index is 12.5. The van der Waals surface area contributed by atoms with E-state index in [0.29, 0.717) is 18.0 Å². The number of hydrogen-bond acceptors (Lipinski definition) is 5. The van der Waals surface area contributed by atoms with Crippen LogP contribution in [-0.2, 0) is 14.8 Å². The van der Waals surface area contributed by atoms with Gasteiger partial charge >= 0.3 is 0 Å². The average molecular weight is 381 g/mol. The maximum absolute atomic E-state index is 12.5. The largest absolute Gasteiger partial charge is 0.476 e. The van der Waals surface area contributed by atoms with Crippen LogP contribution in [-0.4, -0.2) is 63.8 Å². The highest BCUT2D eigenvalue weighted by Gasteiger charge is 2.35. The normalized spacial score (nSPS) is 21.0. The van der Waals surface area contributed by atoms with E-state index in [4.69, 9.17) is 4.74 Å². The highest BCUT2D eigenvalue weighted by molar-refractivity contribution is 7.92. The standard InChI is InChI=1S/C18H27N3O4S/c1-2-26(23,24)21-14-17(25-16-9-5-4-8-15(16)21)18(22)19-10-13-20-11-6-3-7-12-20/h4-5,8-9,17H,2-3,6-7,10-14H2,1H3,(H,19,22)/t17-/m0/s1. The lowest BCUT2D eigenvalue weighted by atomic mass is 10.1. The SMILES string of the molecule is CCS(=O)(=O)N1C[C@@H](C(=O)NCCN2CCCCC2)Oc2ccccc21. The Balaban J connectivity index is 1.64. The third-order valence-corrected chi connectivity index (χ3v) is 6.65. The zero-order valence-corrected chi connectivity index (χ0v) is 16.0. The van der Waals surface area contributed by atoms with Crippen LogP contribution >= 0.6 is 0 Å². The van der Waals surface area contributed by atoms with Gasteiger partial charge in [-0.15, -0.1) is 0 Å². The Bertz CT molecular complexity index is 732. The van der Waals surface area contributed by atoms with E-state index in [1.165, 1.54) is 23.6 Å². The summed E-state index contributed by atoms with van der Waals surface area (Å²) in [6.07, 6.45) is 2.85. The van der Waals surface area contributed by atoms with Crippen LogP contribution in [0.4, 0.5) is 5.69 Å². The Hall–Kier alpha value is -1.80. The minimum atomic E-state index is -3.47. The number of likely N-dealkylation sites (tertiary alicyclic amines) is 1. The summed E-state index contributed by atoms with van der Waals surface area (Å²) in [6.45, 7) is 5.11. The van der Waals surface area contributed by atoms with Crippen LogP contribution in [0.3, 0.4) is 0 Å². The van der Waals surface area contributed by atoms with E-state index in [9.17, 15) is 13.2 Å². The van der Waals surface area contributed by atoms with Crippen molar-refractivity contribution >= 4 is 21.6 Å². The van der Waals surface area contributed by atoms with E-state index in [-0.39, 0.29) is 18.2 Å². The van der Waals surface area contributed by atoms with E-state index in [0.717, 1.165) is 19.6 Å². The number of sulfonamides is 1. The molecule has 7 nitrogen and oxygen atoms in total. The van der Waals surface area contributed by atoms with Crippen molar-refractivity contribution in [3.05, 3.63) is 24.3 Å². The summed E-state index contributed by atoms with van der Waals surface area (Å²) in [5.74, 6) is 0.129. The molecule has 26 heavy (non-hydrogen) atoms. The van der Waals surface area contributed by atoms with Gasteiger partial charge in [0.15, 0.2) is 6.10 Å². The summed E-state index contributed by atoms with van der Waals surface area (Å²) in [4.78, 5) is 14.9. The van der Waals surface area contributed by atoms with Gasteiger partial charge in [0.1, 0.15) is 5.75 Å². The fraction of sp³-hybridized carbons (Fsp3) is 0.611. The molecule has 3 rings (SSSR count). The zero-order chi connectivity index (χ0) is 18.6. The molecule has 0 unspecified atom stereocenters. The number of anilines is 1. The summed E-state index contributed by atoms with van der Waals surface area (Å²) in [5.41, 5.74) is 0.492. The Labute approximate surface area is 155 Å². The predicted molar refractivity (Wildman–Crippen MR) is 101 cm³/mol. The number of nitrogens with zero attached hydrogens (tertiary/aromatic N) is 2. The first-order valence-electron chi connectivity index (χ1n) is 9.27. The molecule has 0 radical (unpaired) electrons. The van der Waals surface area contributed by atoms with E-state index < -0.39 is 16.1 Å². The molecule has 8 heteroatoms. The molecule has 0 spiro atoms. The summed E-state index contributed by atoms with van der Waals surface area (Å²) in [5, 5.41) is 2.89. The molecule has 2 aliphatic rings. The Morgan fingerprint density at radius 3 is 2.69 bits per heavy atom. The molecule has 1 aromatic rings. The van der Waals surface area contributed by atoms with Crippen LogP contribution in [0, 0.1) is 0 Å². The fourth-order valence-electron chi connectivity index (χ4n) is 3.39. The third kappa shape index (κ3) is 4.29. The molecule has 1 N–H and O–H groups in total. The van der Waals surface area contributed by atoms with Gasteiger partial charge in [0, 0.05) is 13.1 Å². The second kappa shape index (κ2) is 8.26. The van der Waals surface area contributed by atoms with Crippen LogP contribution in [0.25, 0.3) is 0 Å². The molecule has 1 atom stereocenters. The van der Waals surface area contributed by atoms with E-state index >= 15 is 0 Å². The lowest BCUT2D eigenvalue weighted by Gasteiger charge is -2.34. The third-order valence-electron chi connectivity index (χ3n) is 4.90. The van der Waals surface area contributed by atoms with Crippen molar-refractivity contribution in [1.29, 1.82) is 0 Å². The second-order valence-corrected chi connectivity index (χ2v) is 8.88. The average Bonchev–Trinajstić information content (AvgIpc) is 2.67. The van der Waals surface area contributed by atoms with Gasteiger partial charge in [0.25, 0.3) is 5.91 Å². The van der Waals surface area contributed by atoms with E-state index in [1.54, 1.807) is 31.2 Å². The first-order chi connectivity index (χ1) is 12.5. The van der Waals surface area contributed by atoms with Gasteiger partial charge in [0.2, 0.25) is 10.0 Å². The quantitative estimate of drug-likeness (QED) is 0.801. The molecule has 0 saturated carbocycles. The summed E-state index contributed by atoms with van der Waals surface area (Å²) in [6, 6.07) is 6.93. The molecule has 0 aliphatic carbocycles. The van der Waals surface area contributed by atoms with Crippen molar-refractivity contribution in [2.45, 2.75) is 32.3 Å². The number of hydrogen-bond donors (Lipinski definition) is 1. The fourth-order valence-corrected chi connectivity index (χ4v) is 4.52. The molecule has 0 aromatic heterocycles. The number of ether oxygens (including phenoxy) is 1. The Kier molecular flexibility index (Phi) is 6.03. The molecular formula is C18H27N3O4S. The molecule has 1 fully saturated rings. The summed E-state index contributed by atoms with van der Waals surface area (Å²) in [7, 11) is -3.47. The van der Waals surface area contributed by atoms with Crippen LogP contribution in [0.1, 0.15) is 26.2 Å². The molecule has 1 amide bonds. The minimum Gasteiger partial charge on any atom is -0.476 e. The molecule has 2 aliphatic heterocycles. The topological polar surface area (TPSA) is 79.0 Å². The Morgan fingerprint density at radius 2 is 1.96 bits per heavy atom. The lowest BCUT2D eigenvalue weighted by Crippen LogP contribution is -2.52. The highest BCUT2D eigenvalue weighted by atomic mass is 32.2. The molecule has 1 saturated heterocycles. The molecule has 2 heterocycles. The van der Waals surface area contributed by atoms with Gasteiger partial charge in [-0.1, -0.05) is 18.6 Å². The van der Waals surface area contributed by atoms with E-state index in [2.05, 4.69) is 10.2 Å². The Morgan fingerprint density at radius 1 is 1.23 bits per heavy atom. The van der Waals surface area contributed by atoms with E-state index in [1.807, 2.05) is 0 Å². The number of rotatable bonds is 6. The van der Waals surface area contributed by atoms with Crippen molar-refractivity contribution in [3.8, 4) is 5.75 Å². The predicted octanol–water partition coefficient (Wildman–Crippen LogP) is 1.21. The summed E-state index contributed by atoms with van der Waals surface area (Å²) < 4.78 is 31.9. The molecule has 144 valence electrons. The number of nitrogens with one attached hydrogen (secondary N) is 1. The van der Waals surface area contributed by atoms with Crippen molar-refractivity contribution in [1.82, 2.24) is 10.2 Å².